The SMILES string of the molecule is N#CC(C#N)=NNc1ccccc1OCCN1CCCCC1. The summed E-state index contributed by atoms with van der Waals surface area (Å²) in [6.07, 6.45) is 3.85. The number of nitrogens with zero attached hydrogens (tertiary/aromatic N) is 4. The van der Waals surface area contributed by atoms with E-state index in [1.807, 2.05) is 18.2 Å². The minimum Gasteiger partial charge on any atom is -0.490 e. The van der Waals surface area contributed by atoms with Crippen LogP contribution in [-0.2, 0) is 0 Å². The Labute approximate surface area is 130 Å². The summed E-state index contributed by atoms with van der Waals surface area (Å²) >= 11 is 0. The van der Waals surface area contributed by atoms with Crippen molar-refractivity contribution in [2.24, 2.45) is 5.10 Å². The number of hydrogen-bond donors (Lipinski definition) is 1. The minimum atomic E-state index is -0.219. The molecular weight excluding hydrogens is 278 g/mol. The zero-order valence-electron chi connectivity index (χ0n) is 12.5. The van der Waals surface area contributed by atoms with Gasteiger partial charge in [-0.05, 0) is 38.1 Å². The summed E-state index contributed by atoms with van der Waals surface area (Å²) in [7, 11) is 0. The molecule has 0 aromatic heterocycles. The molecule has 1 aromatic rings. The van der Waals surface area contributed by atoms with E-state index in [0.717, 1.165) is 19.6 Å². The summed E-state index contributed by atoms with van der Waals surface area (Å²) < 4.78 is 5.80. The van der Waals surface area contributed by atoms with Crippen molar-refractivity contribution in [3.05, 3.63) is 24.3 Å². The molecule has 0 amide bonds. The molecule has 1 aliphatic heterocycles. The number of rotatable bonds is 6. The second kappa shape index (κ2) is 8.66. The highest BCUT2D eigenvalue weighted by molar-refractivity contribution is 6.10. The van der Waals surface area contributed by atoms with Crippen LogP contribution in [0.25, 0.3) is 0 Å². The molecule has 1 aromatic carbocycles. The molecule has 0 spiro atoms. The van der Waals surface area contributed by atoms with Crippen molar-refractivity contribution < 1.29 is 4.74 Å². The van der Waals surface area contributed by atoms with Crippen molar-refractivity contribution in [1.29, 1.82) is 10.5 Å². The molecule has 114 valence electrons. The summed E-state index contributed by atoms with van der Waals surface area (Å²) in [5.74, 6) is 0.665. The molecule has 1 heterocycles. The molecule has 22 heavy (non-hydrogen) atoms. The van der Waals surface area contributed by atoms with Gasteiger partial charge in [0.25, 0.3) is 0 Å². The van der Waals surface area contributed by atoms with Gasteiger partial charge in [0.1, 0.15) is 24.5 Å². The first kappa shape index (κ1) is 15.8. The number of anilines is 1. The standard InChI is InChI=1S/C16H19N5O/c17-12-14(13-18)19-20-15-6-2-3-7-16(15)22-11-10-21-8-4-1-5-9-21/h2-3,6-7,20H,1,4-5,8-11H2. The maximum atomic E-state index is 8.68. The van der Waals surface area contributed by atoms with E-state index in [4.69, 9.17) is 15.3 Å². The normalized spacial score (nSPS) is 14.5. The lowest BCUT2D eigenvalue weighted by atomic mass is 10.1. The first-order valence-electron chi connectivity index (χ1n) is 7.41. The molecule has 0 unspecified atom stereocenters. The van der Waals surface area contributed by atoms with Gasteiger partial charge in [-0.25, -0.2) is 0 Å². The third-order valence-corrected chi connectivity index (χ3v) is 3.50. The van der Waals surface area contributed by atoms with Crippen molar-refractivity contribution in [3.63, 3.8) is 0 Å². The third kappa shape index (κ3) is 4.76. The van der Waals surface area contributed by atoms with Gasteiger partial charge in [0.05, 0.1) is 5.69 Å². The molecule has 6 heteroatoms. The van der Waals surface area contributed by atoms with Gasteiger partial charge >= 0.3 is 0 Å². The number of nitrogens with one attached hydrogen (secondary N) is 1. The number of ether oxygens (including phenoxy) is 1. The zero-order valence-corrected chi connectivity index (χ0v) is 12.5. The molecule has 0 atom stereocenters. The predicted molar refractivity (Wildman–Crippen MR) is 84.5 cm³/mol. The monoisotopic (exact) mass is 297 g/mol. The Morgan fingerprint density at radius 2 is 1.91 bits per heavy atom. The highest BCUT2D eigenvalue weighted by Gasteiger charge is 2.10. The van der Waals surface area contributed by atoms with E-state index in [1.54, 1.807) is 18.2 Å². The lowest BCUT2D eigenvalue weighted by molar-refractivity contribution is 0.184. The van der Waals surface area contributed by atoms with Crippen LogP contribution < -0.4 is 10.2 Å². The average molecular weight is 297 g/mol. The van der Waals surface area contributed by atoms with Crippen LogP contribution in [0.2, 0.25) is 0 Å². The van der Waals surface area contributed by atoms with E-state index < -0.39 is 0 Å². The Morgan fingerprint density at radius 1 is 1.18 bits per heavy atom. The van der Waals surface area contributed by atoms with E-state index in [-0.39, 0.29) is 5.71 Å². The molecule has 0 radical (unpaired) electrons. The summed E-state index contributed by atoms with van der Waals surface area (Å²) in [5, 5.41) is 21.1. The van der Waals surface area contributed by atoms with Crippen molar-refractivity contribution in [3.8, 4) is 17.9 Å². The Balaban J connectivity index is 1.89. The fraction of sp³-hybridized carbons (Fsp3) is 0.438. The highest BCUT2D eigenvalue weighted by atomic mass is 16.5. The van der Waals surface area contributed by atoms with E-state index >= 15 is 0 Å². The van der Waals surface area contributed by atoms with Crippen LogP contribution in [0.5, 0.6) is 5.75 Å². The first-order chi connectivity index (χ1) is 10.8. The molecule has 1 saturated heterocycles. The number of piperidine rings is 1. The Kier molecular flexibility index (Phi) is 6.22. The molecule has 6 nitrogen and oxygen atoms in total. The Hall–Kier alpha value is -2.57. The summed E-state index contributed by atoms with van der Waals surface area (Å²) in [6.45, 7) is 3.79. The van der Waals surface area contributed by atoms with Gasteiger partial charge in [-0.3, -0.25) is 10.3 Å². The van der Waals surface area contributed by atoms with Gasteiger partial charge in [0.2, 0.25) is 5.71 Å². The number of hydrogen-bond acceptors (Lipinski definition) is 6. The minimum absolute atomic E-state index is 0.219. The van der Waals surface area contributed by atoms with Crippen LogP contribution in [0.1, 0.15) is 19.3 Å². The Morgan fingerprint density at radius 3 is 2.64 bits per heavy atom. The third-order valence-electron chi connectivity index (χ3n) is 3.50. The summed E-state index contributed by atoms with van der Waals surface area (Å²) in [6, 6.07) is 10.8. The van der Waals surface area contributed by atoms with Crippen LogP contribution in [0.3, 0.4) is 0 Å². The molecular formula is C16H19N5O. The van der Waals surface area contributed by atoms with Gasteiger partial charge in [0.15, 0.2) is 0 Å². The van der Waals surface area contributed by atoms with Crippen molar-refractivity contribution >= 4 is 11.4 Å². The number of para-hydroxylation sites is 2. The topological polar surface area (TPSA) is 84.4 Å². The fourth-order valence-corrected chi connectivity index (χ4v) is 2.34. The molecule has 2 rings (SSSR count). The maximum absolute atomic E-state index is 8.68. The van der Waals surface area contributed by atoms with Crippen molar-refractivity contribution in [1.82, 2.24) is 4.90 Å². The van der Waals surface area contributed by atoms with Crippen LogP contribution >= 0.6 is 0 Å². The van der Waals surface area contributed by atoms with Gasteiger partial charge in [-0.2, -0.15) is 15.6 Å². The second-order valence-corrected chi connectivity index (χ2v) is 5.04. The molecule has 1 fully saturated rings. The average Bonchev–Trinajstić information content (AvgIpc) is 2.58. The van der Waals surface area contributed by atoms with Crippen LogP contribution in [0, 0.1) is 22.7 Å². The predicted octanol–water partition coefficient (Wildman–Crippen LogP) is 2.37. The van der Waals surface area contributed by atoms with Crippen LogP contribution in [0.4, 0.5) is 5.69 Å². The molecule has 0 aliphatic carbocycles. The van der Waals surface area contributed by atoms with Crippen LogP contribution in [0.15, 0.2) is 29.4 Å². The number of hydrazone groups is 1. The Bertz CT molecular complexity index is 577. The van der Waals surface area contributed by atoms with Crippen molar-refractivity contribution in [2.45, 2.75) is 19.3 Å². The number of likely N-dealkylation sites (tertiary alicyclic amines) is 1. The first-order valence-corrected chi connectivity index (χ1v) is 7.41. The largest absolute Gasteiger partial charge is 0.490 e. The highest BCUT2D eigenvalue weighted by Crippen LogP contribution is 2.23. The second-order valence-electron chi connectivity index (χ2n) is 5.04. The number of nitriles is 2. The number of benzene rings is 1. The zero-order chi connectivity index (χ0) is 15.6. The molecule has 0 bridgehead atoms. The lowest BCUT2D eigenvalue weighted by Gasteiger charge is -2.26. The van der Waals surface area contributed by atoms with E-state index in [2.05, 4.69) is 15.4 Å². The van der Waals surface area contributed by atoms with Crippen LogP contribution in [-0.4, -0.2) is 36.9 Å². The van der Waals surface area contributed by atoms with E-state index in [9.17, 15) is 0 Å². The van der Waals surface area contributed by atoms with Crippen molar-refractivity contribution in [2.75, 3.05) is 31.7 Å². The summed E-state index contributed by atoms with van der Waals surface area (Å²) in [4.78, 5) is 2.40. The summed E-state index contributed by atoms with van der Waals surface area (Å²) in [5.41, 5.74) is 3.13. The van der Waals surface area contributed by atoms with E-state index in [0.29, 0.717) is 18.0 Å². The lowest BCUT2D eigenvalue weighted by Crippen LogP contribution is -2.33. The van der Waals surface area contributed by atoms with Gasteiger partial charge < -0.3 is 4.74 Å². The smallest absolute Gasteiger partial charge is 0.237 e. The van der Waals surface area contributed by atoms with Gasteiger partial charge in [0, 0.05) is 6.54 Å². The maximum Gasteiger partial charge on any atom is 0.237 e. The van der Waals surface area contributed by atoms with Gasteiger partial charge in [-0.15, -0.1) is 0 Å². The molecule has 1 aliphatic rings. The quantitative estimate of drug-likeness (QED) is 0.643. The van der Waals surface area contributed by atoms with Gasteiger partial charge in [-0.1, -0.05) is 18.6 Å². The molecule has 1 N–H and O–H groups in total. The molecule has 0 saturated carbocycles. The fourth-order valence-electron chi connectivity index (χ4n) is 2.34. The van der Waals surface area contributed by atoms with E-state index in [1.165, 1.54) is 19.3 Å².